The van der Waals surface area contributed by atoms with Gasteiger partial charge in [0.2, 0.25) is 0 Å². The van der Waals surface area contributed by atoms with Crippen LogP contribution in [0.3, 0.4) is 0 Å². The molecule has 1 unspecified atom stereocenters. The number of thiophene rings is 1. The highest BCUT2D eigenvalue weighted by Crippen LogP contribution is 2.38. The molecular formula is C16H20N4OS. The van der Waals surface area contributed by atoms with Crippen molar-refractivity contribution in [1.82, 2.24) is 20.1 Å². The van der Waals surface area contributed by atoms with Gasteiger partial charge >= 0.3 is 0 Å². The molecule has 1 N–H and O–H groups in total. The maximum absolute atomic E-state index is 12.5. The summed E-state index contributed by atoms with van der Waals surface area (Å²) in [7, 11) is 0. The third kappa shape index (κ3) is 2.67. The van der Waals surface area contributed by atoms with Crippen molar-refractivity contribution in [3.8, 4) is 0 Å². The molecule has 4 rings (SSSR count). The molecule has 1 amide bonds. The molecule has 0 spiro atoms. The van der Waals surface area contributed by atoms with Crippen LogP contribution in [-0.4, -0.2) is 39.1 Å². The molecule has 1 aliphatic heterocycles. The van der Waals surface area contributed by atoms with Gasteiger partial charge in [0.25, 0.3) is 5.91 Å². The molecule has 5 nitrogen and oxygen atoms in total. The Morgan fingerprint density at radius 1 is 1.45 bits per heavy atom. The number of aryl methyl sites for hydroxylation is 1. The van der Waals surface area contributed by atoms with Gasteiger partial charge in [-0.1, -0.05) is 0 Å². The van der Waals surface area contributed by atoms with Crippen LogP contribution in [0.2, 0.25) is 0 Å². The van der Waals surface area contributed by atoms with Gasteiger partial charge in [0.1, 0.15) is 5.82 Å². The molecule has 116 valence electrons. The van der Waals surface area contributed by atoms with Crippen LogP contribution in [0.15, 0.2) is 11.4 Å². The van der Waals surface area contributed by atoms with Crippen LogP contribution in [0.4, 0.5) is 0 Å². The lowest BCUT2D eigenvalue weighted by Crippen LogP contribution is -2.28. The molecule has 6 heteroatoms. The fourth-order valence-electron chi connectivity index (χ4n) is 3.12. The SMILES string of the molecule is Cc1ccsc1C(=O)N1CCC(Cc2nc(C3CC3)n[nH]2)C1. The molecule has 0 aromatic carbocycles. The summed E-state index contributed by atoms with van der Waals surface area (Å²) < 4.78 is 0. The van der Waals surface area contributed by atoms with Gasteiger partial charge in [-0.3, -0.25) is 9.89 Å². The first-order valence-corrected chi connectivity index (χ1v) is 8.83. The summed E-state index contributed by atoms with van der Waals surface area (Å²) in [5.74, 6) is 3.23. The number of carbonyl (C=O) groups is 1. The Morgan fingerprint density at radius 2 is 2.32 bits per heavy atom. The molecule has 1 saturated carbocycles. The van der Waals surface area contributed by atoms with Gasteiger partial charge in [0.15, 0.2) is 5.82 Å². The second-order valence-electron chi connectivity index (χ2n) is 6.46. The Balaban J connectivity index is 1.37. The Bertz CT molecular complexity index is 688. The number of amides is 1. The lowest BCUT2D eigenvalue weighted by molar-refractivity contribution is 0.0791. The van der Waals surface area contributed by atoms with Crippen molar-refractivity contribution < 1.29 is 4.79 Å². The number of nitrogens with zero attached hydrogens (tertiary/aromatic N) is 3. The van der Waals surface area contributed by atoms with Crippen LogP contribution >= 0.6 is 11.3 Å². The zero-order valence-corrected chi connectivity index (χ0v) is 13.5. The van der Waals surface area contributed by atoms with Crippen LogP contribution in [-0.2, 0) is 6.42 Å². The Hall–Kier alpha value is -1.69. The van der Waals surface area contributed by atoms with Gasteiger partial charge in [0.05, 0.1) is 4.88 Å². The summed E-state index contributed by atoms with van der Waals surface area (Å²) in [5.41, 5.74) is 1.09. The highest BCUT2D eigenvalue weighted by atomic mass is 32.1. The smallest absolute Gasteiger partial charge is 0.264 e. The summed E-state index contributed by atoms with van der Waals surface area (Å²) >= 11 is 1.54. The van der Waals surface area contributed by atoms with Crippen molar-refractivity contribution in [2.45, 2.75) is 38.5 Å². The average molecular weight is 316 g/mol. The molecule has 2 aliphatic rings. The van der Waals surface area contributed by atoms with Crippen LogP contribution in [0.1, 0.15) is 52.1 Å². The lowest BCUT2D eigenvalue weighted by Gasteiger charge is -2.15. The molecule has 22 heavy (non-hydrogen) atoms. The minimum atomic E-state index is 0.186. The number of carbonyl (C=O) groups excluding carboxylic acids is 1. The number of aromatic nitrogens is 3. The first kappa shape index (κ1) is 13.9. The van der Waals surface area contributed by atoms with Crippen LogP contribution < -0.4 is 0 Å². The van der Waals surface area contributed by atoms with Gasteiger partial charge in [-0.2, -0.15) is 5.10 Å². The first-order chi connectivity index (χ1) is 10.7. The third-order valence-corrected chi connectivity index (χ3v) is 5.61. The Morgan fingerprint density at radius 3 is 3.05 bits per heavy atom. The maximum Gasteiger partial charge on any atom is 0.264 e. The predicted octanol–water partition coefficient (Wildman–Crippen LogP) is 2.76. The first-order valence-electron chi connectivity index (χ1n) is 7.95. The van der Waals surface area contributed by atoms with E-state index in [0.717, 1.165) is 48.0 Å². The van der Waals surface area contributed by atoms with E-state index in [9.17, 15) is 4.79 Å². The molecule has 1 atom stereocenters. The average Bonchev–Trinajstić information content (AvgIpc) is 2.90. The number of H-pyrrole nitrogens is 1. The van der Waals surface area contributed by atoms with E-state index in [1.54, 1.807) is 11.3 Å². The zero-order valence-electron chi connectivity index (χ0n) is 12.7. The van der Waals surface area contributed by atoms with Crippen molar-refractivity contribution in [2.75, 3.05) is 13.1 Å². The molecule has 2 fully saturated rings. The number of likely N-dealkylation sites (tertiary alicyclic amines) is 1. The molecule has 1 aliphatic carbocycles. The quantitative estimate of drug-likeness (QED) is 0.943. The van der Waals surface area contributed by atoms with E-state index >= 15 is 0 Å². The molecule has 0 bridgehead atoms. The molecule has 1 saturated heterocycles. The van der Waals surface area contributed by atoms with E-state index in [2.05, 4.69) is 15.2 Å². The number of nitrogens with one attached hydrogen (secondary N) is 1. The second kappa shape index (κ2) is 5.50. The third-order valence-electron chi connectivity index (χ3n) is 4.60. The van der Waals surface area contributed by atoms with Crippen LogP contribution in [0.25, 0.3) is 0 Å². The van der Waals surface area contributed by atoms with E-state index in [0.29, 0.717) is 11.8 Å². The van der Waals surface area contributed by atoms with E-state index < -0.39 is 0 Å². The van der Waals surface area contributed by atoms with Crippen LogP contribution in [0.5, 0.6) is 0 Å². The molecule has 2 aromatic rings. The van der Waals surface area contributed by atoms with E-state index in [-0.39, 0.29) is 5.91 Å². The van der Waals surface area contributed by atoms with Crippen molar-refractivity contribution >= 4 is 17.2 Å². The van der Waals surface area contributed by atoms with Gasteiger partial charge in [0, 0.05) is 25.4 Å². The summed E-state index contributed by atoms with van der Waals surface area (Å²) in [6, 6.07) is 2.01. The monoisotopic (exact) mass is 316 g/mol. The van der Waals surface area contributed by atoms with Gasteiger partial charge in [-0.15, -0.1) is 11.3 Å². The fourth-order valence-corrected chi connectivity index (χ4v) is 4.01. The fraction of sp³-hybridized carbons (Fsp3) is 0.562. The number of hydrogen-bond acceptors (Lipinski definition) is 4. The minimum Gasteiger partial charge on any atom is -0.338 e. The number of hydrogen-bond donors (Lipinski definition) is 1. The standard InChI is InChI=1S/C16H20N4OS/c1-10-5-7-22-14(10)16(21)20-6-4-11(9-20)8-13-17-15(19-18-13)12-2-3-12/h5,7,11-12H,2-4,6,8-9H2,1H3,(H,17,18,19). The Labute approximate surface area is 133 Å². The summed E-state index contributed by atoms with van der Waals surface area (Å²) in [6.45, 7) is 3.69. The van der Waals surface area contributed by atoms with Gasteiger partial charge < -0.3 is 4.90 Å². The second-order valence-corrected chi connectivity index (χ2v) is 7.37. The zero-order chi connectivity index (χ0) is 15.1. The van der Waals surface area contributed by atoms with Gasteiger partial charge in [-0.05, 0) is 49.1 Å². The topological polar surface area (TPSA) is 61.9 Å². The number of rotatable bonds is 4. The van der Waals surface area contributed by atoms with Gasteiger partial charge in [-0.25, -0.2) is 4.98 Å². The van der Waals surface area contributed by atoms with Crippen LogP contribution in [0, 0.1) is 12.8 Å². The normalized spacial score (nSPS) is 21.5. The summed E-state index contributed by atoms with van der Waals surface area (Å²) in [5, 5.41) is 9.37. The molecule has 2 aromatic heterocycles. The van der Waals surface area contributed by atoms with E-state index in [4.69, 9.17) is 0 Å². The van der Waals surface area contributed by atoms with Crippen molar-refractivity contribution in [3.05, 3.63) is 33.5 Å². The van der Waals surface area contributed by atoms with Crippen molar-refractivity contribution in [1.29, 1.82) is 0 Å². The lowest BCUT2D eigenvalue weighted by atomic mass is 10.1. The molecular weight excluding hydrogens is 296 g/mol. The minimum absolute atomic E-state index is 0.186. The van der Waals surface area contributed by atoms with E-state index in [1.165, 1.54) is 12.8 Å². The highest BCUT2D eigenvalue weighted by molar-refractivity contribution is 7.12. The number of aromatic amines is 1. The largest absolute Gasteiger partial charge is 0.338 e. The van der Waals surface area contributed by atoms with Crippen molar-refractivity contribution in [2.24, 2.45) is 5.92 Å². The van der Waals surface area contributed by atoms with Crippen molar-refractivity contribution in [3.63, 3.8) is 0 Å². The highest BCUT2D eigenvalue weighted by Gasteiger charge is 2.31. The van der Waals surface area contributed by atoms with E-state index in [1.807, 2.05) is 23.3 Å². The summed E-state index contributed by atoms with van der Waals surface area (Å²) in [6.07, 6.45) is 4.40. The Kier molecular flexibility index (Phi) is 3.48. The summed E-state index contributed by atoms with van der Waals surface area (Å²) in [4.78, 5) is 20.0. The predicted molar refractivity (Wildman–Crippen MR) is 85.1 cm³/mol. The maximum atomic E-state index is 12.5. The molecule has 3 heterocycles. The molecule has 0 radical (unpaired) electrons.